The minimum Gasteiger partial charge on any atom is -0.497 e. The molecule has 3 heterocycles. The van der Waals surface area contributed by atoms with Crippen molar-refractivity contribution in [3.63, 3.8) is 0 Å². The van der Waals surface area contributed by atoms with Crippen LogP contribution in [0.25, 0.3) is 0 Å². The third kappa shape index (κ3) is 3.21. The molecule has 1 aromatic heterocycles. The van der Waals surface area contributed by atoms with Gasteiger partial charge < -0.3 is 4.74 Å². The second-order valence-electron chi connectivity index (χ2n) is 7.52. The molecule has 0 amide bonds. The Kier molecular flexibility index (Phi) is 4.56. The highest BCUT2D eigenvalue weighted by Crippen LogP contribution is 2.44. The van der Waals surface area contributed by atoms with Gasteiger partial charge in [-0.2, -0.15) is 0 Å². The molecule has 2 fully saturated rings. The van der Waals surface area contributed by atoms with Gasteiger partial charge in [0, 0.05) is 30.6 Å². The van der Waals surface area contributed by atoms with Gasteiger partial charge in [-0.25, -0.2) is 4.98 Å². The molecule has 0 N–H and O–H groups in total. The van der Waals surface area contributed by atoms with Crippen molar-refractivity contribution in [3.8, 4) is 5.75 Å². The van der Waals surface area contributed by atoms with Crippen LogP contribution in [-0.4, -0.2) is 48.6 Å². The Bertz CT molecular complexity index is 722. The largest absolute Gasteiger partial charge is 0.497 e. The smallest absolute Gasteiger partial charge is 0.118 e. The Morgan fingerprint density at radius 1 is 1.16 bits per heavy atom. The monoisotopic (exact) mass is 357 g/mol. The summed E-state index contributed by atoms with van der Waals surface area (Å²) in [6, 6.07) is 9.16. The first kappa shape index (κ1) is 17.0. The molecule has 0 spiro atoms. The zero-order chi connectivity index (χ0) is 17.6. The van der Waals surface area contributed by atoms with E-state index in [1.54, 1.807) is 7.11 Å². The quantitative estimate of drug-likeness (QED) is 0.837. The number of hydrogen-bond donors (Lipinski definition) is 0. The van der Waals surface area contributed by atoms with Crippen molar-refractivity contribution in [3.05, 3.63) is 45.4 Å². The zero-order valence-electron chi connectivity index (χ0n) is 15.5. The molecule has 0 saturated carbocycles. The van der Waals surface area contributed by atoms with Crippen LogP contribution >= 0.6 is 11.3 Å². The van der Waals surface area contributed by atoms with Gasteiger partial charge in [0.1, 0.15) is 10.8 Å². The van der Waals surface area contributed by atoms with Crippen molar-refractivity contribution >= 4 is 11.3 Å². The first-order chi connectivity index (χ1) is 12.0. The number of thiazole rings is 1. The molecule has 0 aliphatic carbocycles. The zero-order valence-corrected chi connectivity index (χ0v) is 16.3. The highest BCUT2D eigenvalue weighted by atomic mass is 32.1. The number of nitrogens with zero attached hydrogens (tertiary/aromatic N) is 3. The summed E-state index contributed by atoms with van der Waals surface area (Å²) in [5, 5.41) is 1.27. The summed E-state index contributed by atoms with van der Waals surface area (Å²) in [4.78, 5) is 11.2. The maximum Gasteiger partial charge on any atom is 0.118 e. The van der Waals surface area contributed by atoms with Crippen LogP contribution in [0.3, 0.4) is 0 Å². The molecular formula is C20H27N3OS. The van der Waals surface area contributed by atoms with Crippen molar-refractivity contribution < 1.29 is 4.74 Å². The molecule has 25 heavy (non-hydrogen) atoms. The van der Waals surface area contributed by atoms with Crippen LogP contribution in [0, 0.1) is 25.7 Å². The lowest BCUT2D eigenvalue weighted by atomic mass is 9.89. The van der Waals surface area contributed by atoms with Gasteiger partial charge in [-0.1, -0.05) is 12.1 Å². The SMILES string of the molecule is COc1ccc([C@H]2[C@@H]3CN(Cc4nc(C)c(C)s4)C[C@@H]3CN2C)cc1. The second kappa shape index (κ2) is 6.71. The average Bonchev–Trinajstić information content (AvgIpc) is 3.20. The summed E-state index contributed by atoms with van der Waals surface area (Å²) in [6.45, 7) is 8.84. The van der Waals surface area contributed by atoms with Crippen molar-refractivity contribution in [2.24, 2.45) is 11.8 Å². The van der Waals surface area contributed by atoms with Gasteiger partial charge in [0.15, 0.2) is 0 Å². The molecule has 2 saturated heterocycles. The normalized spacial score (nSPS) is 27.0. The fourth-order valence-electron chi connectivity index (χ4n) is 4.58. The minimum atomic E-state index is 0.515. The molecule has 4 rings (SSSR count). The number of aromatic nitrogens is 1. The van der Waals surface area contributed by atoms with Gasteiger partial charge in [-0.05, 0) is 50.4 Å². The molecule has 0 radical (unpaired) electrons. The predicted octanol–water partition coefficient (Wildman–Crippen LogP) is 3.50. The van der Waals surface area contributed by atoms with Crippen LogP contribution in [0.1, 0.15) is 27.2 Å². The van der Waals surface area contributed by atoms with E-state index < -0.39 is 0 Å². The molecule has 2 aromatic rings. The highest BCUT2D eigenvalue weighted by Gasteiger charge is 2.46. The van der Waals surface area contributed by atoms with Crippen molar-refractivity contribution in [2.45, 2.75) is 26.4 Å². The van der Waals surface area contributed by atoms with E-state index in [2.05, 4.69) is 55.0 Å². The molecule has 5 heteroatoms. The van der Waals surface area contributed by atoms with Gasteiger partial charge >= 0.3 is 0 Å². The standard InChI is InChI=1S/C20H27N3OS/c1-13-14(2)25-19(21-13)12-23-10-16-9-22(3)20(18(16)11-23)15-5-7-17(24-4)8-6-15/h5-8,16,18,20H,9-12H2,1-4H3/t16-,18+,20-/m0/s1. The van der Waals surface area contributed by atoms with E-state index in [1.165, 1.54) is 40.8 Å². The van der Waals surface area contributed by atoms with Crippen LogP contribution in [0.2, 0.25) is 0 Å². The Morgan fingerprint density at radius 3 is 2.56 bits per heavy atom. The third-order valence-electron chi connectivity index (χ3n) is 5.86. The van der Waals surface area contributed by atoms with E-state index in [0.717, 1.165) is 18.2 Å². The summed E-state index contributed by atoms with van der Waals surface area (Å²) in [7, 11) is 3.99. The van der Waals surface area contributed by atoms with Crippen LogP contribution in [0.15, 0.2) is 24.3 Å². The second-order valence-corrected chi connectivity index (χ2v) is 8.81. The maximum atomic E-state index is 5.31. The molecule has 0 bridgehead atoms. The Labute approximate surface area is 154 Å². The summed E-state index contributed by atoms with van der Waals surface area (Å²) < 4.78 is 5.31. The summed E-state index contributed by atoms with van der Waals surface area (Å²) in [5.41, 5.74) is 2.61. The van der Waals surface area contributed by atoms with E-state index in [-0.39, 0.29) is 0 Å². The van der Waals surface area contributed by atoms with Gasteiger partial charge in [0.2, 0.25) is 0 Å². The van der Waals surface area contributed by atoms with Crippen molar-refractivity contribution in [1.82, 2.24) is 14.8 Å². The molecule has 4 nitrogen and oxygen atoms in total. The lowest BCUT2D eigenvalue weighted by Crippen LogP contribution is -2.28. The number of likely N-dealkylation sites (tertiary alicyclic amines) is 2. The fourth-order valence-corrected chi connectivity index (χ4v) is 5.56. The van der Waals surface area contributed by atoms with Crippen molar-refractivity contribution in [2.75, 3.05) is 33.8 Å². The van der Waals surface area contributed by atoms with Gasteiger partial charge in [0.25, 0.3) is 0 Å². The van der Waals surface area contributed by atoms with Crippen molar-refractivity contribution in [1.29, 1.82) is 0 Å². The minimum absolute atomic E-state index is 0.515. The number of ether oxygens (including phenoxy) is 1. The summed E-state index contributed by atoms with van der Waals surface area (Å²) in [6.07, 6.45) is 0. The number of rotatable bonds is 4. The Morgan fingerprint density at radius 2 is 1.92 bits per heavy atom. The van der Waals surface area contributed by atoms with E-state index in [9.17, 15) is 0 Å². The lowest BCUT2D eigenvalue weighted by Gasteiger charge is -2.26. The molecule has 3 atom stereocenters. The number of hydrogen-bond acceptors (Lipinski definition) is 5. The topological polar surface area (TPSA) is 28.6 Å². The molecule has 0 unspecified atom stereocenters. The first-order valence-electron chi connectivity index (χ1n) is 9.04. The van der Waals surface area contributed by atoms with Crippen LogP contribution in [0.4, 0.5) is 0 Å². The number of benzene rings is 1. The first-order valence-corrected chi connectivity index (χ1v) is 9.86. The molecule has 134 valence electrons. The Balaban J connectivity index is 1.48. The van der Waals surface area contributed by atoms with E-state index in [4.69, 9.17) is 9.72 Å². The molecule has 2 aliphatic heterocycles. The van der Waals surface area contributed by atoms with E-state index in [0.29, 0.717) is 12.0 Å². The number of aryl methyl sites for hydroxylation is 2. The maximum absolute atomic E-state index is 5.31. The van der Waals surface area contributed by atoms with Crippen LogP contribution in [0.5, 0.6) is 5.75 Å². The number of fused-ring (bicyclic) bond motifs is 1. The van der Waals surface area contributed by atoms with Crippen LogP contribution < -0.4 is 4.74 Å². The summed E-state index contributed by atoms with van der Waals surface area (Å²) in [5.74, 6) is 2.41. The molecule has 1 aromatic carbocycles. The highest BCUT2D eigenvalue weighted by molar-refractivity contribution is 7.11. The van der Waals surface area contributed by atoms with E-state index >= 15 is 0 Å². The predicted molar refractivity (Wildman–Crippen MR) is 102 cm³/mol. The number of methoxy groups -OCH3 is 1. The van der Waals surface area contributed by atoms with Gasteiger partial charge in [0.05, 0.1) is 19.3 Å². The van der Waals surface area contributed by atoms with Gasteiger partial charge in [-0.3, -0.25) is 9.80 Å². The third-order valence-corrected chi connectivity index (χ3v) is 6.92. The Hall–Kier alpha value is -1.43. The molecular weight excluding hydrogens is 330 g/mol. The lowest BCUT2D eigenvalue weighted by molar-refractivity contribution is 0.224. The van der Waals surface area contributed by atoms with Crippen LogP contribution in [-0.2, 0) is 6.54 Å². The van der Waals surface area contributed by atoms with E-state index in [1.807, 2.05) is 11.3 Å². The van der Waals surface area contributed by atoms with Gasteiger partial charge in [-0.15, -0.1) is 11.3 Å². The average molecular weight is 358 g/mol. The molecule has 2 aliphatic rings. The summed E-state index contributed by atoms with van der Waals surface area (Å²) >= 11 is 1.85. The fraction of sp³-hybridized carbons (Fsp3) is 0.550.